The topological polar surface area (TPSA) is 114 Å². The monoisotopic (exact) mass is 776 g/mol. The minimum Gasteiger partial charge on any atom is -0.462 e. The van der Waals surface area contributed by atoms with Crippen LogP contribution in [0, 0.1) is 0 Å². The van der Waals surface area contributed by atoms with E-state index in [4.69, 9.17) is 9.47 Å². The molecule has 0 fully saturated rings. The molecule has 0 spiro atoms. The molecule has 2 N–H and O–H groups in total. The van der Waals surface area contributed by atoms with E-state index in [-0.39, 0.29) is 24.1 Å². The smallest absolute Gasteiger partial charge is 0.306 e. The molecule has 0 aliphatic heterocycles. The number of anilines is 2. The van der Waals surface area contributed by atoms with Crippen LogP contribution < -0.4 is 21.5 Å². The number of hydrogen-bond donors (Lipinski definition) is 2. The van der Waals surface area contributed by atoms with Gasteiger partial charge < -0.3 is 25.0 Å². The second kappa shape index (κ2) is 34.8. The fraction of sp³-hybridized carbons (Fsp3) is 0.870. The van der Waals surface area contributed by atoms with Crippen molar-refractivity contribution < 1.29 is 19.1 Å². The van der Waals surface area contributed by atoms with Crippen LogP contribution >= 0.6 is 0 Å². The zero-order chi connectivity index (χ0) is 40.4. The van der Waals surface area contributed by atoms with Crippen molar-refractivity contribution in [2.45, 2.75) is 226 Å². The fourth-order valence-corrected chi connectivity index (χ4v) is 7.41. The molecular weight excluding hydrogens is 691 g/mol. The van der Waals surface area contributed by atoms with Crippen molar-refractivity contribution in [3.05, 3.63) is 20.4 Å². The minimum absolute atomic E-state index is 0.0261. The summed E-state index contributed by atoms with van der Waals surface area (Å²) in [4.78, 5) is 51.1. The van der Waals surface area contributed by atoms with E-state index >= 15 is 0 Å². The van der Waals surface area contributed by atoms with E-state index in [9.17, 15) is 19.2 Å². The molecule has 1 aromatic rings. The molecular formula is C46H85N3O6. The van der Waals surface area contributed by atoms with Gasteiger partial charge in [-0.3, -0.25) is 19.2 Å². The second-order valence-corrected chi connectivity index (χ2v) is 16.0. The number of nitrogens with zero attached hydrogens (tertiary/aromatic N) is 1. The third kappa shape index (κ3) is 25.5. The summed E-state index contributed by atoms with van der Waals surface area (Å²) in [5.41, 5.74) is -0.0662. The molecule has 0 saturated heterocycles. The van der Waals surface area contributed by atoms with Gasteiger partial charge in [0.05, 0.1) is 0 Å². The first-order valence-electron chi connectivity index (χ1n) is 23.2. The van der Waals surface area contributed by atoms with Gasteiger partial charge in [0.15, 0.2) is 0 Å². The quantitative estimate of drug-likeness (QED) is 0.0382. The van der Waals surface area contributed by atoms with E-state index in [0.717, 1.165) is 110 Å². The zero-order valence-corrected chi connectivity index (χ0v) is 36.4. The van der Waals surface area contributed by atoms with Crippen LogP contribution in [0.25, 0.3) is 0 Å². The molecule has 0 aliphatic carbocycles. The van der Waals surface area contributed by atoms with Crippen molar-refractivity contribution in [3.8, 4) is 0 Å². The Labute approximate surface area is 336 Å². The zero-order valence-electron chi connectivity index (χ0n) is 36.4. The second-order valence-electron chi connectivity index (χ2n) is 16.0. The van der Waals surface area contributed by atoms with Gasteiger partial charge in [0, 0.05) is 26.4 Å². The Morgan fingerprint density at radius 2 is 0.909 bits per heavy atom. The lowest BCUT2D eigenvalue weighted by atomic mass is 10.0. The van der Waals surface area contributed by atoms with Crippen LogP contribution in [-0.4, -0.2) is 62.3 Å². The molecule has 0 amide bonds. The van der Waals surface area contributed by atoms with Crippen LogP contribution in [0.2, 0.25) is 0 Å². The Balaban J connectivity index is 2.47. The number of carbonyl (C=O) groups excluding carboxylic acids is 2. The SMILES string of the molecule is CCCCCCCCC(CCCCCCCC)OC(=O)CCCCN(CCCCCCCCCC(=O)OC(CC)CC)CCCCNc1c(NC)c(=O)c1=O. The highest BCUT2D eigenvalue weighted by molar-refractivity contribution is 5.73. The summed E-state index contributed by atoms with van der Waals surface area (Å²) in [6.45, 7) is 12.3. The molecule has 0 bridgehead atoms. The molecule has 0 saturated carbocycles. The summed E-state index contributed by atoms with van der Waals surface area (Å²) in [7, 11) is 1.67. The molecule has 55 heavy (non-hydrogen) atoms. The van der Waals surface area contributed by atoms with Gasteiger partial charge in [-0.2, -0.15) is 0 Å². The first-order valence-corrected chi connectivity index (χ1v) is 23.2. The van der Waals surface area contributed by atoms with E-state index in [2.05, 4.69) is 43.2 Å². The maximum atomic E-state index is 13.0. The van der Waals surface area contributed by atoms with Crippen LogP contribution in [0.3, 0.4) is 0 Å². The number of rotatable bonds is 40. The lowest BCUT2D eigenvalue weighted by Gasteiger charge is -2.23. The van der Waals surface area contributed by atoms with Crippen LogP contribution in [0.15, 0.2) is 9.59 Å². The summed E-state index contributed by atoms with van der Waals surface area (Å²) in [5.74, 6) is -0.0778. The van der Waals surface area contributed by atoms with E-state index in [1.54, 1.807) is 7.05 Å². The van der Waals surface area contributed by atoms with Gasteiger partial charge in [-0.25, -0.2) is 0 Å². The maximum Gasteiger partial charge on any atom is 0.306 e. The largest absolute Gasteiger partial charge is 0.462 e. The first-order chi connectivity index (χ1) is 26.8. The van der Waals surface area contributed by atoms with Crippen LogP contribution in [0.5, 0.6) is 0 Å². The van der Waals surface area contributed by atoms with Crippen molar-refractivity contribution in [3.63, 3.8) is 0 Å². The molecule has 9 heteroatoms. The Morgan fingerprint density at radius 1 is 0.509 bits per heavy atom. The van der Waals surface area contributed by atoms with E-state index in [1.807, 2.05) is 0 Å². The Kier molecular flexibility index (Phi) is 32.0. The summed E-state index contributed by atoms with van der Waals surface area (Å²) < 4.78 is 11.6. The third-order valence-electron chi connectivity index (χ3n) is 11.1. The molecule has 1 rings (SSSR count). The molecule has 0 aliphatic rings. The summed E-state index contributed by atoms with van der Waals surface area (Å²) in [6.07, 6.45) is 31.6. The van der Waals surface area contributed by atoms with Gasteiger partial charge in [0.25, 0.3) is 10.9 Å². The summed E-state index contributed by atoms with van der Waals surface area (Å²) in [6, 6.07) is 0. The predicted octanol–water partition coefficient (Wildman–Crippen LogP) is 11.3. The van der Waals surface area contributed by atoms with Gasteiger partial charge in [0.2, 0.25) is 0 Å². The number of carbonyl (C=O) groups is 2. The van der Waals surface area contributed by atoms with Crippen molar-refractivity contribution in [1.82, 2.24) is 4.90 Å². The molecule has 0 atom stereocenters. The van der Waals surface area contributed by atoms with Crippen LogP contribution in [0.1, 0.15) is 214 Å². The van der Waals surface area contributed by atoms with Crippen LogP contribution in [-0.2, 0) is 19.1 Å². The van der Waals surface area contributed by atoms with Crippen molar-refractivity contribution in [2.24, 2.45) is 0 Å². The van der Waals surface area contributed by atoms with Gasteiger partial charge >= 0.3 is 11.9 Å². The lowest BCUT2D eigenvalue weighted by molar-refractivity contribution is -0.150. The third-order valence-corrected chi connectivity index (χ3v) is 11.1. The summed E-state index contributed by atoms with van der Waals surface area (Å²) in [5, 5.41) is 5.97. The normalized spacial score (nSPS) is 11.6. The minimum atomic E-state index is -0.441. The highest BCUT2D eigenvalue weighted by Crippen LogP contribution is 2.19. The van der Waals surface area contributed by atoms with Gasteiger partial charge in [-0.1, -0.05) is 124 Å². The predicted molar refractivity (Wildman–Crippen MR) is 232 cm³/mol. The van der Waals surface area contributed by atoms with Crippen molar-refractivity contribution >= 4 is 23.3 Å². The molecule has 320 valence electrons. The lowest BCUT2D eigenvalue weighted by Crippen LogP contribution is -2.37. The maximum absolute atomic E-state index is 13.0. The molecule has 0 aromatic heterocycles. The molecule has 0 unspecified atom stereocenters. The molecule has 0 heterocycles. The number of nitrogens with one attached hydrogen (secondary N) is 2. The molecule has 0 radical (unpaired) electrons. The first kappa shape index (κ1) is 50.6. The highest BCUT2D eigenvalue weighted by atomic mass is 16.5. The van der Waals surface area contributed by atoms with Gasteiger partial charge in [-0.05, 0) is 96.7 Å². The van der Waals surface area contributed by atoms with E-state index < -0.39 is 10.9 Å². The van der Waals surface area contributed by atoms with Gasteiger partial charge in [0.1, 0.15) is 23.6 Å². The van der Waals surface area contributed by atoms with Gasteiger partial charge in [-0.15, -0.1) is 0 Å². The molecule has 9 nitrogen and oxygen atoms in total. The molecule has 1 aromatic carbocycles. The summed E-state index contributed by atoms with van der Waals surface area (Å²) >= 11 is 0. The number of esters is 2. The standard InChI is InChI=1S/C46H85N3O6/c1-6-10-12-14-19-23-31-40(32-24-20-15-13-11-7-2)55-42(51)34-26-29-37-49(38-30-27-35-48-44-43(47-5)45(52)46(44)53)36-28-22-18-16-17-21-25-33-41(50)54-39(8-3)9-4/h39-40,47-48H,6-38H2,1-5H3. The Hall–Kier alpha value is -2.42. The highest BCUT2D eigenvalue weighted by Gasteiger charge is 2.19. The number of hydrogen-bond acceptors (Lipinski definition) is 9. The Bertz CT molecular complexity index is 1130. The average Bonchev–Trinajstić information content (AvgIpc) is 3.18. The number of ether oxygens (including phenoxy) is 2. The number of unbranched alkanes of at least 4 members (excludes halogenated alkanes) is 18. The fourth-order valence-electron chi connectivity index (χ4n) is 7.41. The van der Waals surface area contributed by atoms with Crippen molar-refractivity contribution in [1.29, 1.82) is 0 Å². The van der Waals surface area contributed by atoms with Crippen molar-refractivity contribution in [2.75, 3.05) is 43.9 Å². The van der Waals surface area contributed by atoms with E-state index in [1.165, 1.54) is 83.5 Å². The Morgan fingerprint density at radius 3 is 1.42 bits per heavy atom. The average molecular weight is 776 g/mol. The van der Waals surface area contributed by atoms with Crippen LogP contribution in [0.4, 0.5) is 11.4 Å². The van der Waals surface area contributed by atoms with E-state index in [0.29, 0.717) is 30.8 Å².